The molecule has 94 valence electrons. The van der Waals surface area contributed by atoms with Crippen LogP contribution in [0.1, 0.15) is 31.7 Å². The summed E-state index contributed by atoms with van der Waals surface area (Å²) in [4.78, 5) is 11.4. The summed E-state index contributed by atoms with van der Waals surface area (Å²) in [6, 6.07) is 9.36. The van der Waals surface area contributed by atoms with Crippen LogP contribution in [-0.4, -0.2) is 17.6 Å². The van der Waals surface area contributed by atoms with E-state index in [0.29, 0.717) is 12.5 Å². The summed E-state index contributed by atoms with van der Waals surface area (Å²) in [7, 11) is 0. The second-order valence-corrected chi connectivity index (χ2v) is 4.85. The van der Waals surface area contributed by atoms with Gasteiger partial charge < -0.3 is 10.8 Å². The lowest BCUT2D eigenvalue weighted by Crippen LogP contribution is -2.29. The van der Waals surface area contributed by atoms with E-state index in [1.54, 1.807) is 0 Å². The fourth-order valence-corrected chi connectivity index (χ4v) is 2.25. The van der Waals surface area contributed by atoms with Crippen molar-refractivity contribution in [2.45, 2.75) is 26.2 Å². The van der Waals surface area contributed by atoms with Gasteiger partial charge in [-0.1, -0.05) is 44.2 Å². The minimum absolute atomic E-state index is 0.00472. The second kappa shape index (κ2) is 6.40. The van der Waals surface area contributed by atoms with Crippen LogP contribution in [0, 0.1) is 11.8 Å². The van der Waals surface area contributed by atoms with E-state index in [-0.39, 0.29) is 5.92 Å². The topological polar surface area (TPSA) is 63.3 Å². The van der Waals surface area contributed by atoms with Crippen molar-refractivity contribution in [3.8, 4) is 0 Å². The van der Waals surface area contributed by atoms with Gasteiger partial charge in [-0.05, 0) is 30.4 Å². The van der Waals surface area contributed by atoms with Crippen LogP contribution >= 0.6 is 0 Å². The van der Waals surface area contributed by atoms with Crippen molar-refractivity contribution in [2.75, 3.05) is 6.54 Å². The smallest absolute Gasteiger partial charge is 0.311 e. The number of carbonyl (C=O) groups is 1. The lowest BCUT2D eigenvalue weighted by Gasteiger charge is -2.24. The van der Waals surface area contributed by atoms with Crippen LogP contribution in [0.2, 0.25) is 0 Å². The number of nitrogens with two attached hydrogens (primary N) is 1. The number of rotatable bonds is 6. The summed E-state index contributed by atoms with van der Waals surface area (Å²) < 4.78 is 0. The third-order valence-electron chi connectivity index (χ3n) is 2.97. The molecule has 2 atom stereocenters. The van der Waals surface area contributed by atoms with Gasteiger partial charge in [0.1, 0.15) is 0 Å². The summed E-state index contributed by atoms with van der Waals surface area (Å²) in [5.41, 5.74) is 6.58. The maximum Gasteiger partial charge on any atom is 0.311 e. The largest absolute Gasteiger partial charge is 0.481 e. The first kappa shape index (κ1) is 13.7. The molecule has 3 nitrogen and oxygen atoms in total. The average molecular weight is 235 g/mol. The molecule has 0 aromatic heterocycles. The quantitative estimate of drug-likeness (QED) is 0.796. The zero-order valence-electron chi connectivity index (χ0n) is 10.5. The normalized spacial score (nSPS) is 14.6. The van der Waals surface area contributed by atoms with Crippen molar-refractivity contribution < 1.29 is 9.90 Å². The zero-order chi connectivity index (χ0) is 12.8. The molecule has 0 heterocycles. The number of aliphatic carboxylic acids is 1. The molecule has 0 radical (unpaired) electrons. The Balaban J connectivity index is 2.95. The molecular formula is C14H21NO2. The Bertz CT molecular complexity index is 348. The van der Waals surface area contributed by atoms with Crippen molar-refractivity contribution in [1.82, 2.24) is 0 Å². The number of carboxylic acid groups (broad SMARTS) is 1. The molecule has 0 aliphatic carbocycles. The molecular weight excluding hydrogens is 214 g/mol. The Kier molecular flexibility index (Phi) is 5.16. The van der Waals surface area contributed by atoms with Crippen molar-refractivity contribution in [3.05, 3.63) is 35.9 Å². The van der Waals surface area contributed by atoms with E-state index in [0.717, 1.165) is 12.0 Å². The standard InChI is InChI=1S/C14H21NO2/c1-10(2)8-12(9-15)13(14(16)17)11-6-4-3-5-7-11/h3-7,10,12-13H,8-9,15H2,1-2H3,(H,16,17). The Morgan fingerprint density at radius 3 is 2.29 bits per heavy atom. The number of benzene rings is 1. The zero-order valence-corrected chi connectivity index (χ0v) is 10.5. The highest BCUT2D eigenvalue weighted by Crippen LogP contribution is 2.29. The molecule has 0 aliphatic rings. The third-order valence-corrected chi connectivity index (χ3v) is 2.97. The third kappa shape index (κ3) is 3.86. The molecule has 3 heteroatoms. The molecule has 0 aliphatic heterocycles. The number of hydrogen-bond donors (Lipinski definition) is 2. The van der Waals surface area contributed by atoms with Crippen LogP contribution in [0.4, 0.5) is 0 Å². The highest BCUT2D eigenvalue weighted by molar-refractivity contribution is 5.76. The average Bonchev–Trinajstić information content (AvgIpc) is 2.28. The monoisotopic (exact) mass is 235 g/mol. The lowest BCUT2D eigenvalue weighted by molar-refractivity contribution is -0.140. The minimum atomic E-state index is -0.785. The van der Waals surface area contributed by atoms with Crippen LogP contribution in [0.15, 0.2) is 30.3 Å². The van der Waals surface area contributed by atoms with E-state index in [1.165, 1.54) is 0 Å². The Labute approximate surface area is 103 Å². The lowest BCUT2D eigenvalue weighted by atomic mass is 9.81. The van der Waals surface area contributed by atoms with Crippen molar-refractivity contribution in [1.29, 1.82) is 0 Å². The first-order valence-corrected chi connectivity index (χ1v) is 6.04. The first-order valence-electron chi connectivity index (χ1n) is 6.04. The van der Waals surface area contributed by atoms with E-state index in [2.05, 4.69) is 13.8 Å². The Hall–Kier alpha value is -1.35. The van der Waals surface area contributed by atoms with Gasteiger partial charge in [0, 0.05) is 0 Å². The minimum Gasteiger partial charge on any atom is -0.481 e. The molecule has 1 rings (SSSR count). The number of carboxylic acids is 1. The molecule has 0 amide bonds. The molecule has 1 aromatic rings. The van der Waals surface area contributed by atoms with Gasteiger partial charge in [-0.25, -0.2) is 0 Å². The Morgan fingerprint density at radius 2 is 1.88 bits per heavy atom. The summed E-state index contributed by atoms with van der Waals surface area (Å²) in [5.74, 6) is -0.833. The van der Waals surface area contributed by atoms with Crippen LogP contribution in [-0.2, 0) is 4.79 Å². The molecule has 17 heavy (non-hydrogen) atoms. The van der Waals surface area contributed by atoms with Gasteiger partial charge in [0.25, 0.3) is 0 Å². The highest BCUT2D eigenvalue weighted by Gasteiger charge is 2.29. The SMILES string of the molecule is CC(C)CC(CN)C(C(=O)O)c1ccccc1. The highest BCUT2D eigenvalue weighted by atomic mass is 16.4. The molecule has 2 unspecified atom stereocenters. The van der Waals surface area contributed by atoms with Gasteiger partial charge >= 0.3 is 5.97 Å². The second-order valence-electron chi connectivity index (χ2n) is 4.85. The van der Waals surface area contributed by atoms with Gasteiger partial charge in [0.05, 0.1) is 5.92 Å². The Morgan fingerprint density at radius 1 is 1.29 bits per heavy atom. The van der Waals surface area contributed by atoms with Crippen LogP contribution < -0.4 is 5.73 Å². The number of hydrogen-bond acceptors (Lipinski definition) is 2. The molecule has 0 fully saturated rings. The molecule has 3 N–H and O–H groups in total. The predicted octanol–water partition coefficient (Wildman–Crippen LogP) is 2.48. The molecule has 0 bridgehead atoms. The summed E-state index contributed by atoms with van der Waals surface area (Å²) in [5, 5.41) is 9.39. The molecule has 1 aromatic carbocycles. The molecule has 0 saturated carbocycles. The summed E-state index contributed by atoms with van der Waals surface area (Å²) >= 11 is 0. The van der Waals surface area contributed by atoms with Crippen molar-refractivity contribution >= 4 is 5.97 Å². The van der Waals surface area contributed by atoms with Crippen LogP contribution in [0.5, 0.6) is 0 Å². The van der Waals surface area contributed by atoms with Gasteiger partial charge in [-0.3, -0.25) is 4.79 Å². The first-order chi connectivity index (χ1) is 8.06. The fraction of sp³-hybridized carbons (Fsp3) is 0.500. The molecule has 0 spiro atoms. The van der Waals surface area contributed by atoms with Gasteiger partial charge in [-0.15, -0.1) is 0 Å². The van der Waals surface area contributed by atoms with Crippen LogP contribution in [0.3, 0.4) is 0 Å². The van der Waals surface area contributed by atoms with E-state index < -0.39 is 11.9 Å². The van der Waals surface area contributed by atoms with E-state index in [4.69, 9.17) is 5.73 Å². The molecule has 0 saturated heterocycles. The summed E-state index contributed by atoms with van der Waals surface area (Å²) in [6.07, 6.45) is 0.836. The van der Waals surface area contributed by atoms with Gasteiger partial charge in [-0.2, -0.15) is 0 Å². The van der Waals surface area contributed by atoms with Gasteiger partial charge in [0.15, 0.2) is 0 Å². The predicted molar refractivity (Wildman–Crippen MR) is 68.8 cm³/mol. The van der Waals surface area contributed by atoms with E-state index >= 15 is 0 Å². The van der Waals surface area contributed by atoms with E-state index in [9.17, 15) is 9.90 Å². The van der Waals surface area contributed by atoms with Gasteiger partial charge in [0.2, 0.25) is 0 Å². The van der Waals surface area contributed by atoms with Crippen molar-refractivity contribution in [3.63, 3.8) is 0 Å². The fourth-order valence-electron chi connectivity index (χ4n) is 2.25. The maximum atomic E-state index is 11.4. The van der Waals surface area contributed by atoms with Crippen LogP contribution in [0.25, 0.3) is 0 Å². The maximum absolute atomic E-state index is 11.4. The summed E-state index contributed by atoms with van der Waals surface area (Å²) in [6.45, 7) is 4.59. The van der Waals surface area contributed by atoms with Crippen molar-refractivity contribution in [2.24, 2.45) is 17.6 Å². The van der Waals surface area contributed by atoms with E-state index in [1.807, 2.05) is 30.3 Å².